The lowest BCUT2D eigenvalue weighted by molar-refractivity contribution is 0.176. The van der Waals surface area contributed by atoms with E-state index in [-0.39, 0.29) is 0 Å². The van der Waals surface area contributed by atoms with Crippen LogP contribution >= 0.6 is 0 Å². The Morgan fingerprint density at radius 2 is 2.00 bits per heavy atom. The molecule has 2 aliphatic heterocycles. The third-order valence-electron chi connectivity index (χ3n) is 4.85. The van der Waals surface area contributed by atoms with Crippen molar-refractivity contribution in [2.45, 2.75) is 89.8 Å². The van der Waals surface area contributed by atoms with Crippen LogP contribution in [0.25, 0.3) is 0 Å². The molecule has 2 heteroatoms. The molecule has 2 rings (SSSR count). The van der Waals surface area contributed by atoms with Gasteiger partial charge in [0.15, 0.2) is 0 Å². The van der Waals surface area contributed by atoms with E-state index in [9.17, 15) is 0 Å². The van der Waals surface area contributed by atoms with Crippen LogP contribution in [0.1, 0.15) is 71.6 Å². The second-order valence-electron chi connectivity index (χ2n) is 6.41. The maximum atomic E-state index is 3.91. The highest BCUT2D eigenvalue weighted by atomic mass is 15.2. The number of piperidine rings is 1. The predicted molar refractivity (Wildman–Crippen MR) is 79.0 cm³/mol. The molecule has 0 aromatic carbocycles. The van der Waals surface area contributed by atoms with Gasteiger partial charge in [-0.15, -0.1) is 0 Å². The van der Waals surface area contributed by atoms with Gasteiger partial charge in [-0.05, 0) is 39.2 Å². The number of nitrogens with one attached hydrogen (secondary N) is 1. The van der Waals surface area contributed by atoms with E-state index < -0.39 is 0 Å². The third-order valence-corrected chi connectivity index (χ3v) is 4.85. The molecule has 0 aromatic rings. The lowest BCUT2D eigenvalue weighted by atomic mass is 9.98. The summed E-state index contributed by atoms with van der Waals surface area (Å²) in [5.41, 5.74) is 0. The Morgan fingerprint density at radius 3 is 2.83 bits per heavy atom. The quantitative estimate of drug-likeness (QED) is 0.697. The molecule has 0 bridgehead atoms. The summed E-state index contributed by atoms with van der Waals surface area (Å²) in [6.45, 7) is 7.37. The first-order valence-electron chi connectivity index (χ1n) is 8.31. The van der Waals surface area contributed by atoms with Crippen LogP contribution in [-0.2, 0) is 0 Å². The first-order chi connectivity index (χ1) is 8.81. The topological polar surface area (TPSA) is 15.3 Å². The highest BCUT2D eigenvalue weighted by Gasteiger charge is 2.35. The lowest BCUT2D eigenvalue weighted by Gasteiger charge is -2.33. The van der Waals surface area contributed by atoms with Crippen LogP contribution < -0.4 is 5.32 Å². The molecule has 2 aliphatic rings. The number of fused-ring (bicyclic) bond motifs is 1. The largest absolute Gasteiger partial charge is 0.310 e. The molecule has 3 unspecified atom stereocenters. The molecule has 0 aliphatic carbocycles. The highest BCUT2D eigenvalue weighted by molar-refractivity contribution is 4.94. The maximum Gasteiger partial charge on any atom is 0.0249 e. The van der Waals surface area contributed by atoms with Crippen LogP contribution in [0.15, 0.2) is 0 Å². The summed E-state index contributed by atoms with van der Waals surface area (Å²) in [6, 6.07) is 2.36. The van der Waals surface area contributed by atoms with Crippen LogP contribution in [0.3, 0.4) is 0 Å². The fourth-order valence-electron chi connectivity index (χ4n) is 3.77. The number of rotatable bonds is 7. The Balaban J connectivity index is 1.65. The minimum atomic E-state index is 0.716. The number of hydrogen-bond acceptors (Lipinski definition) is 2. The monoisotopic (exact) mass is 252 g/mol. The Hall–Kier alpha value is -0.0800. The van der Waals surface area contributed by atoms with Crippen molar-refractivity contribution in [3.63, 3.8) is 0 Å². The van der Waals surface area contributed by atoms with E-state index >= 15 is 0 Å². The molecule has 2 heterocycles. The van der Waals surface area contributed by atoms with Crippen LogP contribution in [0.2, 0.25) is 0 Å². The van der Waals surface area contributed by atoms with Gasteiger partial charge < -0.3 is 5.32 Å². The molecule has 18 heavy (non-hydrogen) atoms. The normalized spacial score (nSPS) is 30.3. The summed E-state index contributed by atoms with van der Waals surface area (Å²) >= 11 is 0. The van der Waals surface area contributed by atoms with Gasteiger partial charge in [0.2, 0.25) is 0 Å². The standard InChI is InChI=1S/C16H32N2/c1-3-4-5-6-9-14(2)17-15-11-13-18-12-8-7-10-16(15)18/h14-17H,3-13H2,1-2H3. The summed E-state index contributed by atoms with van der Waals surface area (Å²) in [4.78, 5) is 2.73. The average Bonchev–Trinajstić information content (AvgIpc) is 2.78. The third kappa shape index (κ3) is 3.96. The summed E-state index contributed by atoms with van der Waals surface area (Å²) in [7, 11) is 0. The van der Waals surface area contributed by atoms with Crippen LogP contribution in [-0.4, -0.2) is 36.1 Å². The number of nitrogens with zero attached hydrogens (tertiary/aromatic N) is 1. The van der Waals surface area contributed by atoms with Crippen molar-refractivity contribution in [1.29, 1.82) is 0 Å². The zero-order valence-electron chi connectivity index (χ0n) is 12.5. The Morgan fingerprint density at radius 1 is 1.11 bits per heavy atom. The van der Waals surface area contributed by atoms with E-state index in [1.807, 2.05) is 0 Å². The minimum Gasteiger partial charge on any atom is -0.310 e. The Bertz CT molecular complexity index is 229. The molecule has 3 atom stereocenters. The van der Waals surface area contributed by atoms with Crippen LogP contribution in [0, 0.1) is 0 Å². The summed E-state index contributed by atoms with van der Waals surface area (Å²) in [5.74, 6) is 0. The molecule has 1 N–H and O–H groups in total. The van der Waals surface area contributed by atoms with Gasteiger partial charge in [0.05, 0.1) is 0 Å². The van der Waals surface area contributed by atoms with E-state index in [4.69, 9.17) is 0 Å². The highest BCUT2D eigenvalue weighted by Crippen LogP contribution is 2.27. The second-order valence-corrected chi connectivity index (χ2v) is 6.41. The van der Waals surface area contributed by atoms with Crippen LogP contribution in [0.5, 0.6) is 0 Å². The number of unbranched alkanes of at least 4 members (excludes halogenated alkanes) is 3. The van der Waals surface area contributed by atoms with E-state index in [0.29, 0.717) is 6.04 Å². The van der Waals surface area contributed by atoms with E-state index in [0.717, 1.165) is 12.1 Å². The van der Waals surface area contributed by atoms with Gasteiger partial charge in [-0.2, -0.15) is 0 Å². The van der Waals surface area contributed by atoms with Crippen molar-refractivity contribution in [2.24, 2.45) is 0 Å². The van der Waals surface area contributed by atoms with Crippen molar-refractivity contribution in [1.82, 2.24) is 10.2 Å². The van der Waals surface area contributed by atoms with Gasteiger partial charge in [-0.25, -0.2) is 0 Å². The molecular formula is C16H32N2. The zero-order valence-corrected chi connectivity index (χ0v) is 12.5. The van der Waals surface area contributed by atoms with Crippen molar-refractivity contribution in [2.75, 3.05) is 13.1 Å². The fraction of sp³-hybridized carbons (Fsp3) is 1.00. The molecule has 106 valence electrons. The Kier molecular flexibility index (Phi) is 5.97. The van der Waals surface area contributed by atoms with E-state index in [1.54, 1.807) is 0 Å². The van der Waals surface area contributed by atoms with Crippen molar-refractivity contribution in [3.05, 3.63) is 0 Å². The fourth-order valence-corrected chi connectivity index (χ4v) is 3.77. The molecule has 2 saturated heterocycles. The van der Waals surface area contributed by atoms with Gasteiger partial charge in [-0.1, -0.05) is 39.0 Å². The van der Waals surface area contributed by atoms with Crippen molar-refractivity contribution < 1.29 is 0 Å². The second kappa shape index (κ2) is 7.49. The predicted octanol–water partition coefficient (Wildman–Crippen LogP) is 3.56. The van der Waals surface area contributed by atoms with Gasteiger partial charge in [0.1, 0.15) is 0 Å². The van der Waals surface area contributed by atoms with Gasteiger partial charge in [0, 0.05) is 24.7 Å². The minimum absolute atomic E-state index is 0.716. The van der Waals surface area contributed by atoms with Crippen molar-refractivity contribution >= 4 is 0 Å². The molecule has 0 amide bonds. The summed E-state index contributed by atoms with van der Waals surface area (Å²) in [5, 5.41) is 3.91. The van der Waals surface area contributed by atoms with E-state index in [2.05, 4.69) is 24.1 Å². The molecule has 0 saturated carbocycles. The Labute approximate surface area is 114 Å². The summed E-state index contributed by atoms with van der Waals surface area (Å²) in [6.07, 6.45) is 12.6. The molecular weight excluding hydrogens is 220 g/mol. The van der Waals surface area contributed by atoms with Crippen LogP contribution in [0.4, 0.5) is 0 Å². The first kappa shape index (κ1) is 14.3. The molecule has 0 radical (unpaired) electrons. The maximum absolute atomic E-state index is 3.91. The smallest absolute Gasteiger partial charge is 0.0249 e. The van der Waals surface area contributed by atoms with Crippen molar-refractivity contribution in [3.8, 4) is 0 Å². The van der Waals surface area contributed by atoms with Gasteiger partial charge >= 0.3 is 0 Å². The molecule has 2 fully saturated rings. The number of hydrogen-bond donors (Lipinski definition) is 1. The van der Waals surface area contributed by atoms with Gasteiger partial charge in [-0.3, -0.25) is 4.90 Å². The SMILES string of the molecule is CCCCCCC(C)NC1CCN2CCCCC12. The van der Waals surface area contributed by atoms with Gasteiger partial charge in [0.25, 0.3) is 0 Å². The van der Waals surface area contributed by atoms with E-state index in [1.165, 1.54) is 70.9 Å². The first-order valence-corrected chi connectivity index (χ1v) is 8.31. The molecule has 0 aromatic heterocycles. The molecule has 2 nitrogen and oxygen atoms in total. The zero-order chi connectivity index (χ0) is 12.8. The lowest BCUT2D eigenvalue weighted by Crippen LogP contribution is -2.47. The summed E-state index contributed by atoms with van der Waals surface area (Å²) < 4.78 is 0. The molecule has 0 spiro atoms. The average molecular weight is 252 g/mol.